The SMILES string of the molecule is CNC(=O)C(C(=O)OC)N(C)C(=O)c1ccc(C#Cc2ccc(C(OC)OC)cc2)cc1.CNC(=O)C(NC)C(=O)OC.COC(OC)c1ccc(C#Cc2ccc(C(=O)O)cc2)cc1.Cl. The first-order chi connectivity index (χ1) is 31.2. The molecular formula is C48H55ClN4O13. The van der Waals surface area contributed by atoms with Gasteiger partial charge in [0.2, 0.25) is 11.9 Å². The van der Waals surface area contributed by atoms with E-state index in [1.54, 1.807) is 64.8 Å². The van der Waals surface area contributed by atoms with E-state index in [0.29, 0.717) is 11.1 Å². The Morgan fingerprint density at radius 3 is 1.14 bits per heavy atom. The van der Waals surface area contributed by atoms with Gasteiger partial charge in [0.05, 0.1) is 19.8 Å². The summed E-state index contributed by atoms with van der Waals surface area (Å²) in [6.45, 7) is 0. The topological polar surface area (TPSA) is 217 Å². The van der Waals surface area contributed by atoms with Crippen molar-refractivity contribution in [3.63, 3.8) is 0 Å². The van der Waals surface area contributed by atoms with Crippen molar-refractivity contribution >= 4 is 48.0 Å². The number of carboxylic acids is 1. The van der Waals surface area contributed by atoms with E-state index in [1.165, 1.54) is 47.4 Å². The normalized spacial score (nSPS) is 10.8. The van der Waals surface area contributed by atoms with E-state index in [4.69, 9.17) is 24.1 Å². The number of hydrogen-bond donors (Lipinski definition) is 4. The molecule has 0 heterocycles. The number of benzene rings is 4. The zero-order valence-electron chi connectivity index (χ0n) is 38.2. The summed E-state index contributed by atoms with van der Waals surface area (Å²) in [5, 5.41) is 16.0. The van der Waals surface area contributed by atoms with E-state index in [0.717, 1.165) is 39.8 Å². The monoisotopic (exact) mass is 930 g/mol. The summed E-state index contributed by atoms with van der Waals surface area (Å²) in [5.41, 5.74) is 5.50. The Bertz CT molecular complexity index is 2280. The number of carboxylic acid groups (broad SMARTS) is 1. The van der Waals surface area contributed by atoms with E-state index in [9.17, 15) is 28.8 Å². The average Bonchev–Trinajstić information content (AvgIpc) is 3.34. The third-order valence-electron chi connectivity index (χ3n) is 9.05. The minimum atomic E-state index is -1.38. The number of carbonyl (C=O) groups is 6. The Morgan fingerprint density at radius 1 is 0.515 bits per heavy atom. The van der Waals surface area contributed by atoms with Crippen LogP contribution < -0.4 is 16.0 Å². The highest BCUT2D eigenvalue weighted by atomic mass is 35.5. The van der Waals surface area contributed by atoms with Crippen molar-refractivity contribution in [3.8, 4) is 23.7 Å². The minimum absolute atomic E-state index is 0. The zero-order valence-corrected chi connectivity index (χ0v) is 39.1. The van der Waals surface area contributed by atoms with Gasteiger partial charge in [0.25, 0.3) is 11.8 Å². The molecule has 0 aliphatic heterocycles. The van der Waals surface area contributed by atoms with Gasteiger partial charge in [-0.15, -0.1) is 12.4 Å². The molecule has 4 aromatic carbocycles. The van der Waals surface area contributed by atoms with Gasteiger partial charge in [-0.3, -0.25) is 19.7 Å². The number of nitrogens with one attached hydrogen (secondary N) is 3. The smallest absolute Gasteiger partial charge is 0.338 e. The molecule has 0 saturated carbocycles. The first-order valence-electron chi connectivity index (χ1n) is 19.5. The summed E-state index contributed by atoms with van der Waals surface area (Å²) in [5.74, 6) is 8.23. The Hall–Kier alpha value is -7.09. The molecular weight excluding hydrogens is 876 g/mol. The molecule has 17 nitrogen and oxygen atoms in total. The number of likely N-dealkylation sites (N-methyl/N-ethyl adjacent to an activating group) is 4. The molecule has 2 atom stereocenters. The quantitative estimate of drug-likeness (QED) is 0.0614. The number of aromatic carboxylic acids is 1. The lowest BCUT2D eigenvalue weighted by Crippen LogP contribution is -2.51. The second kappa shape index (κ2) is 30.1. The molecule has 4 rings (SSSR count). The maximum absolute atomic E-state index is 12.7. The van der Waals surface area contributed by atoms with Crippen molar-refractivity contribution < 1.29 is 62.3 Å². The predicted molar refractivity (Wildman–Crippen MR) is 246 cm³/mol. The number of methoxy groups -OCH3 is 6. The minimum Gasteiger partial charge on any atom is -0.478 e. The van der Waals surface area contributed by atoms with Gasteiger partial charge in [0.15, 0.2) is 18.6 Å². The molecule has 0 spiro atoms. The van der Waals surface area contributed by atoms with Crippen molar-refractivity contribution in [2.24, 2.45) is 0 Å². The van der Waals surface area contributed by atoms with Crippen LogP contribution >= 0.6 is 12.4 Å². The highest BCUT2D eigenvalue weighted by Crippen LogP contribution is 2.19. The third kappa shape index (κ3) is 17.5. The Labute approximate surface area is 390 Å². The molecule has 0 bridgehead atoms. The fourth-order valence-corrected chi connectivity index (χ4v) is 5.49. The number of nitrogens with zero attached hydrogens (tertiary/aromatic N) is 1. The third-order valence-corrected chi connectivity index (χ3v) is 9.05. The van der Waals surface area contributed by atoms with E-state index in [1.807, 2.05) is 48.5 Å². The van der Waals surface area contributed by atoms with Crippen molar-refractivity contribution in [2.75, 3.05) is 70.8 Å². The van der Waals surface area contributed by atoms with E-state index in [2.05, 4.69) is 49.1 Å². The first kappa shape index (κ1) is 56.9. The second-order valence-corrected chi connectivity index (χ2v) is 13.1. The molecule has 2 unspecified atom stereocenters. The second-order valence-electron chi connectivity index (χ2n) is 13.1. The van der Waals surface area contributed by atoms with Crippen LogP contribution in [0.3, 0.4) is 0 Å². The molecule has 18 heteroatoms. The maximum atomic E-state index is 12.7. The van der Waals surface area contributed by atoms with Crippen LogP contribution in [-0.4, -0.2) is 129 Å². The molecule has 0 aromatic heterocycles. The van der Waals surface area contributed by atoms with Crippen LogP contribution in [0.5, 0.6) is 0 Å². The van der Waals surface area contributed by atoms with Crippen LogP contribution in [-0.2, 0) is 47.6 Å². The van der Waals surface area contributed by atoms with Crippen LogP contribution in [0.2, 0.25) is 0 Å². The molecule has 66 heavy (non-hydrogen) atoms. The summed E-state index contributed by atoms with van der Waals surface area (Å²) >= 11 is 0. The molecule has 0 saturated heterocycles. The van der Waals surface area contributed by atoms with Crippen LogP contribution in [0.4, 0.5) is 0 Å². The highest BCUT2D eigenvalue weighted by Gasteiger charge is 2.34. The number of rotatable bonds is 14. The van der Waals surface area contributed by atoms with Gasteiger partial charge in [0, 0.05) is 88.5 Å². The first-order valence-corrected chi connectivity index (χ1v) is 19.5. The van der Waals surface area contributed by atoms with Gasteiger partial charge in [-0.05, 0) is 79.8 Å². The Kier molecular flexibility index (Phi) is 26.0. The number of hydrogen-bond acceptors (Lipinski definition) is 13. The standard InChI is InChI=1S/C24H26N2O6.C18H16O4.C6H12N2O3.ClH/c1-25-21(27)20(23(29)30-3)26(2)22(28)18-12-8-16(9-13-18)6-7-17-10-14-19(15-11-17)24(31-4)32-5;1-21-18(22-2)16-11-7-14(8-12-16)4-3-13-5-9-15(10-6-13)17(19)20;1-7-4(5(9)8-2)6(10)11-3;/h8-15,20,24H,1-5H3,(H,25,27);5-12,18H,1-2H3,(H,19,20);4,7H,1-3H3,(H,8,9);1H. The van der Waals surface area contributed by atoms with Crippen LogP contribution in [0, 0.1) is 23.7 Å². The molecule has 0 radical (unpaired) electrons. The number of amides is 3. The molecule has 4 N–H and O–H groups in total. The van der Waals surface area contributed by atoms with Gasteiger partial charge in [-0.25, -0.2) is 14.4 Å². The van der Waals surface area contributed by atoms with Crippen LogP contribution in [0.1, 0.15) is 66.7 Å². The lowest BCUT2D eigenvalue weighted by molar-refractivity contribution is -0.150. The van der Waals surface area contributed by atoms with Crippen LogP contribution in [0.15, 0.2) is 97.1 Å². The van der Waals surface area contributed by atoms with Gasteiger partial charge in [-0.1, -0.05) is 47.9 Å². The largest absolute Gasteiger partial charge is 0.478 e. The molecule has 4 aromatic rings. The van der Waals surface area contributed by atoms with Crippen molar-refractivity contribution in [3.05, 3.63) is 142 Å². The van der Waals surface area contributed by atoms with E-state index >= 15 is 0 Å². The van der Waals surface area contributed by atoms with Crippen molar-refractivity contribution in [1.29, 1.82) is 0 Å². The number of carbonyl (C=O) groups excluding carboxylic acids is 5. The Balaban J connectivity index is 0.000000553. The fraction of sp³-hybridized carbons (Fsp3) is 0.292. The molecule has 0 aliphatic rings. The van der Waals surface area contributed by atoms with Crippen molar-refractivity contribution in [2.45, 2.75) is 24.7 Å². The predicted octanol–water partition coefficient (Wildman–Crippen LogP) is 3.73. The summed E-state index contributed by atoms with van der Waals surface area (Å²) in [6, 6.07) is 25.8. The van der Waals surface area contributed by atoms with E-state index < -0.39 is 54.0 Å². The molecule has 0 fully saturated rings. The lowest BCUT2D eigenvalue weighted by atomic mass is 10.1. The highest BCUT2D eigenvalue weighted by molar-refractivity contribution is 6.07. The van der Waals surface area contributed by atoms with Crippen LogP contribution in [0.25, 0.3) is 0 Å². The molecule has 352 valence electrons. The van der Waals surface area contributed by atoms with E-state index in [-0.39, 0.29) is 24.3 Å². The average molecular weight is 931 g/mol. The van der Waals surface area contributed by atoms with Gasteiger partial charge in [-0.2, -0.15) is 0 Å². The zero-order chi connectivity index (χ0) is 48.5. The maximum Gasteiger partial charge on any atom is 0.338 e. The summed E-state index contributed by atoms with van der Waals surface area (Å²) in [6.07, 6.45) is -0.812. The number of halogens is 1. The lowest BCUT2D eigenvalue weighted by Gasteiger charge is -2.24. The Morgan fingerprint density at radius 2 is 0.848 bits per heavy atom. The molecule has 3 amide bonds. The summed E-state index contributed by atoms with van der Waals surface area (Å²) < 4.78 is 29.8. The number of esters is 2. The van der Waals surface area contributed by atoms with Gasteiger partial charge < -0.3 is 49.1 Å². The summed E-state index contributed by atoms with van der Waals surface area (Å²) in [4.78, 5) is 70.2. The molecule has 0 aliphatic carbocycles. The fourth-order valence-electron chi connectivity index (χ4n) is 5.49. The summed E-state index contributed by atoms with van der Waals surface area (Å²) in [7, 11) is 14.4. The van der Waals surface area contributed by atoms with Gasteiger partial charge in [0.1, 0.15) is 0 Å². The number of ether oxygens (including phenoxy) is 6. The van der Waals surface area contributed by atoms with Crippen molar-refractivity contribution in [1.82, 2.24) is 20.9 Å². The van der Waals surface area contributed by atoms with Gasteiger partial charge >= 0.3 is 17.9 Å².